The van der Waals surface area contributed by atoms with Crippen LogP contribution in [0.3, 0.4) is 0 Å². The maximum Gasteiger partial charge on any atom is 0.229 e. The van der Waals surface area contributed by atoms with Crippen molar-refractivity contribution in [2.24, 2.45) is 11.8 Å². The molecule has 1 aliphatic carbocycles. The Morgan fingerprint density at radius 3 is 2.93 bits per heavy atom. The molecule has 5 aliphatic heterocycles. The molecule has 5 atom stereocenters. The standard InChI is InChI=1S/C23H26N2O4/c1-24-7-6-23-16-4-3-14(28-2)9-17(16)25-20(27)11-18-21(22(23)25)15(10-19(23)26)13(12-24)5-8-29-18/h3-5,9,15,18,21-22H,6-8,10-12H2,1-2H3/t15-,18-,21-,22-,23+/m0/s1. The molecule has 4 bridgehead atoms. The van der Waals surface area contributed by atoms with Gasteiger partial charge in [0.1, 0.15) is 11.5 Å². The van der Waals surface area contributed by atoms with E-state index in [4.69, 9.17) is 9.47 Å². The molecule has 29 heavy (non-hydrogen) atoms. The summed E-state index contributed by atoms with van der Waals surface area (Å²) in [5.74, 6) is 1.38. The van der Waals surface area contributed by atoms with Gasteiger partial charge in [-0.2, -0.15) is 0 Å². The molecule has 1 aromatic rings. The van der Waals surface area contributed by atoms with E-state index in [1.807, 2.05) is 23.1 Å². The van der Waals surface area contributed by atoms with E-state index in [-0.39, 0.29) is 35.7 Å². The lowest BCUT2D eigenvalue weighted by molar-refractivity contribution is -0.140. The summed E-state index contributed by atoms with van der Waals surface area (Å²) < 4.78 is 11.7. The first-order valence-corrected chi connectivity index (χ1v) is 10.6. The molecule has 1 amide bonds. The van der Waals surface area contributed by atoms with Crippen molar-refractivity contribution in [3.63, 3.8) is 0 Å². The zero-order valence-corrected chi connectivity index (χ0v) is 16.9. The number of carbonyl (C=O) groups excluding carboxylic acids is 2. The van der Waals surface area contributed by atoms with E-state index < -0.39 is 5.41 Å². The Morgan fingerprint density at radius 1 is 1.24 bits per heavy atom. The lowest BCUT2D eigenvalue weighted by Crippen LogP contribution is -2.66. The highest BCUT2D eigenvalue weighted by molar-refractivity contribution is 6.06. The Hall–Kier alpha value is -2.18. The van der Waals surface area contributed by atoms with Crippen LogP contribution in [-0.4, -0.2) is 62.6 Å². The molecule has 1 aromatic carbocycles. The second kappa shape index (κ2) is 5.92. The molecule has 0 radical (unpaired) electrons. The van der Waals surface area contributed by atoms with E-state index in [1.165, 1.54) is 5.57 Å². The zero-order chi connectivity index (χ0) is 19.9. The van der Waals surface area contributed by atoms with Crippen LogP contribution in [0.5, 0.6) is 5.75 Å². The molecule has 0 unspecified atom stereocenters. The molecule has 4 fully saturated rings. The van der Waals surface area contributed by atoms with E-state index in [1.54, 1.807) is 7.11 Å². The molecule has 5 heterocycles. The van der Waals surface area contributed by atoms with Crippen LogP contribution in [0.2, 0.25) is 0 Å². The van der Waals surface area contributed by atoms with Gasteiger partial charge in [0.2, 0.25) is 5.91 Å². The maximum atomic E-state index is 13.9. The first kappa shape index (κ1) is 17.7. The predicted octanol–water partition coefficient (Wildman–Crippen LogP) is 1.92. The molecule has 6 nitrogen and oxygen atoms in total. The average molecular weight is 394 g/mol. The monoisotopic (exact) mass is 394 g/mol. The number of methoxy groups -OCH3 is 1. The number of rotatable bonds is 1. The normalized spacial score (nSPS) is 38.0. The zero-order valence-electron chi connectivity index (χ0n) is 16.9. The molecule has 6 aliphatic rings. The van der Waals surface area contributed by atoms with Gasteiger partial charge in [0, 0.05) is 24.9 Å². The Balaban J connectivity index is 1.64. The largest absolute Gasteiger partial charge is 0.497 e. The number of anilines is 1. The summed E-state index contributed by atoms with van der Waals surface area (Å²) in [6, 6.07) is 5.74. The number of hydrogen-bond acceptors (Lipinski definition) is 5. The van der Waals surface area contributed by atoms with E-state index in [0.29, 0.717) is 19.4 Å². The van der Waals surface area contributed by atoms with E-state index in [2.05, 4.69) is 18.0 Å². The highest BCUT2D eigenvalue weighted by atomic mass is 16.5. The first-order valence-electron chi connectivity index (χ1n) is 10.6. The Kier molecular flexibility index (Phi) is 3.61. The number of benzene rings is 1. The molecule has 1 spiro atoms. The van der Waals surface area contributed by atoms with Crippen molar-refractivity contribution in [1.82, 2.24) is 4.90 Å². The van der Waals surface area contributed by atoms with Crippen LogP contribution in [0.1, 0.15) is 24.8 Å². The van der Waals surface area contributed by atoms with Crippen molar-refractivity contribution in [3.8, 4) is 5.75 Å². The summed E-state index contributed by atoms with van der Waals surface area (Å²) in [5.41, 5.74) is 2.54. The molecule has 0 N–H and O–H groups in total. The summed E-state index contributed by atoms with van der Waals surface area (Å²) in [4.78, 5) is 31.5. The molecule has 3 saturated heterocycles. The minimum atomic E-state index is -0.644. The number of nitrogens with zero attached hydrogens (tertiary/aromatic N) is 2. The van der Waals surface area contributed by atoms with Crippen LogP contribution in [-0.2, 0) is 19.7 Å². The number of hydrogen-bond donors (Lipinski definition) is 0. The average Bonchev–Trinajstić information content (AvgIpc) is 2.95. The quantitative estimate of drug-likeness (QED) is 0.681. The molecule has 152 valence electrons. The van der Waals surface area contributed by atoms with Gasteiger partial charge < -0.3 is 19.3 Å². The second-order valence-electron chi connectivity index (χ2n) is 9.22. The Labute approximate surface area is 170 Å². The van der Waals surface area contributed by atoms with Crippen molar-refractivity contribution in [2.75, 3.05) is 38.8 Å². The molecular formula is C23H26N2O4. The highest BCUT2D eigenvalue weighted by Gasteiger charge is 2.67. The number of fused-ring (bicyclic) bond motifs is 6. The van der Waals surface area contributed by atoms with Gasteiger partial charge in [-0.25, -0.2) is 0 Å². The topological polar surface area (TPSA) is 59.1 Å². The predicted molar refractivity (Wildman–Crippen MR) is 107 cm³/mol. The van der Waals surface area contributed by atoms with Crippen LogP contribution < -0.4 is 9.64 Å². The third-order valence-electron chi connectivity index (χ3n) is 8.01. The Bertz CT molecular complexity index is 956. The molecule has 0 aromatic heterocycles. The SMILES string of the molecule is COc1ccc2c(c1)N1C(=O)C[C@@H]3OCC=C4CN(C)CC[C@]25C(=O)C[C@@H]4[C@@H]3[C@H]15. The van der Waals surface area contributed by atoms with Gasteiger partial charge in [-0.1, -0.05) is 17.7 Å². The van der Waals surface area contributed by atoms with Gasteiger partial charge >= 0.3 is 0 Å². The summed E-state index contributed by atoms with van der Waals surface area (Å²) in [6.45, 7) is 2.23. The van der Waals surface area contributed by atoms with Crippen LogP contribution >= 0.6 is 0 Å². The van der Waals surface area contributed by atoms with E-state index >= 15 is 0 Å². The third-order valence-corrected chi connectivity index (χ3v) is 8.01. The van der Waals surface area contributed by atoms with Crippen molar-refractivity contribution in [3.05, 3.63) is 35.4 Å². The minimum Gasteiger partial charge on any atom is -0.497 e. The number of piperidine rings is 1. The second-order valence-corrected chi connectivity index (χ2v) is 9.22. The smallest absolute Gasteiger partial charge is 0.229 e. The molecule has 1 saturated carbocycles. The summed E-state index contributed by atoms with van der Waals surface area (Å²) in [7, 11) is 3.77. The number of amides is 1. The highest BCUT2D eigenvalue weighted by Crippen LogP contribution is 2.60. The fourth-order valence-corrected chi connectivity index (χ4v) is 6.80. The summed E-state index contributed by atoms with van der Waals surface area (Å²) in [6.07, 6.45) is 3.73. The Morgan fingerprint density at radius 2 is 2.10 bits per heavy atom. The molecule has 6 heteroatoms. The van der Waals surface area contributed by atoms with Gasteiger partial charge in [0.05, 0.1) is 43.4 Å². The van der Waals surface area contributed by atoms with E-state index in [0.717, 1.165) is 36.5 Å². The number of likely N-dealkylation sites (N-methyl/N-ethyl adjacent to an activating group) is 1. The van der Waals surface area contributed by atoms with Crippen molar-refractivity contribution in [2.45, 2.75) is 36.8 Å². The van der Waals surface area contributed by atoms with E-state index in [9.17, 15) is 9.59 Å². The number of Topliss-reactive ketones (excluding diaryl/α,β-unsaturated/α-hetero) is 1. The number of carbonyl (C=O) groups is 2. The van der Waals surface area contributed by atoms with Crippen molar-refractivity contribution in [1.29, 1.82) is 0 Å². The lowest BCUT2D eigenvalue weighted by Gasteiger charge is -2.53. The third kappa shape index (κ3) is 2.14. The first-order chi connectivity index (χ1) is 14.0. The van der Waals surface area contributed by atoms with Crippen molar-refractivity contribution < 1.29 is 19.1 Å². The van der Waals surface area contributed by atoms with Crippen molar-refractivity contribution >= 4 is 17.4 Å². The molecule has 7 rings (SSSR count). The fraction of sp³-hybridized carbons (Fsp3) is 0.565. The van der Waals surface area contributed by atoms with Gasteiger partial charge in [-0.05, 0) is 37.6 Å². The van der Waals surface area contributed by atoms with Crippen LogP contribution in [0.4, 0.5) is 5.69 Å². The van der Waals surface area contributed by atoms with Crippen LogP contribution in [0.25, 0.3) is 0 Å². The maximum absolute atomic E-state index is 13.9. The van der Waals surface area contributed by atoms with Gasteiger partial charge in [-0.3, -0.25) is 9.59 Å². The summed E-state index contributed by atoms with van der Waals surface area (Å²) >= 11 is 0. The minimum absolute atomic E-state index is 0.0668. The number of ether oxygens (including phenoxy) is 2. The summed E-state index contributed by atoms with van der Waals surface area (Å²) in [5, 5.41) is 0. The number of ketones is 1. The molecular weight excluding hydrogens is 368 g/mol. The van der Waals surface area contributed by atoms with Crippen LogP contribution in [0, 0.1) is 11.8 Å². The van der Waals surface area contributed by atoms with Crippen LogP contribution in [0.15, 0.2) is 29.8 Å². The van der Waals surface area contributed by atoms with Gasteiger partial charge in [0.25, 0.3) is 0 Å². The lowest BCUT2D eigenvalue weighted by atomic mass is 9.55. The van der Waals surface area contributed by atoms with Gasteiger partial charge in [-0.15, -0.1) is 0 Å². The van der Waals surface area contributed by atoms with Gasteiger partial charge in [0.15, 0.2) is 0 Å². The fourth-order valence-electron chi connectivity index (χ4n) is 6.80.